The van der Waals surface area contributed by atoms with Crippen molar-refractivity contribution in [2.24, 2.45) is 5.92 Å². The van der Waals surface area contributed by atoms with Crippen LogP contribution < -0.4 is 5.32 Å². The molecule has 2 N–H and O–H groups in total. The van der Waals surface area contributed by atoms with Gasteiger partial charge in [-0.1, -0.05) is 23.4 Å². The predicted octanol–water partition coefficient (Wildman–Crippen LogP) is 1.35. The highest BCUT2D eigenvalue weighted by Gasteiger charge is 2.30. The molecule has 1 aromatic rings. The zero-order valence-corrected chi connectivity index (χ0v) is 11.5. The number of carbonyl (C=O) groups is 1. The van der Waals surface area contributed by atoms with Crippen molar-refractivity contribution in [1.82, 2.24) is 15.3 Å². The van der Waals surface area contributed by atoms with Crippen LogP contribution in [0.3, 0.4) is 0 Å². The van der Waals surface area contributed by atoms with Crippen LogP contribution in [0.5, 0.6) is 0 Å². The lowest BCUT2D eigenvalue weighted by atomic mass is 10.2. The molecule has 1 aliphatic carbocycles. The van der Waals surface area contributed by atoms with Gasteiger partial charge in [0.2, 0.25) is 0 Å². The average molecular weight is 288 g/mol. The Labute approximate surface area is 114 Å². The maximum atomic E-state index is 11.9. The lowest BCUT2D eigenvalue weighted by Crippen LogP contribution is -2.33. The lowest BCUT2D eigenvalue weighted by molar-refractivity contribution is 0.0895. The summed E-state index contributed by atoms with van der Waals surface area (Å²) in [5.41, 5.74) is 0.152. The number of amides is 1. The normalized spacial score (nSPS) is 16.4. The van der Waals surface area contributed by atoms with E-state index in [0.29, 0.717) is 11.1 Å². The Hall–Kier alpha value is -0.850. The molecule has 1 heterocycles. The van der Waals surface area contributed by atoms with Gasteiger partial charge < -0.3 is 10.4 Å². The standard InChI is InChI=1S/C11H14ClN3O2S/c1-18-11-14-4-7(12)9(15-11)10(17)13-5-8(16)6-2-3-6/h4,6,8,16H,2-3,5H2,1H3,(H,13,17). The molecule has 2 rings (SSSR count). The fourth-order valence-electron chi connectivity index (χ4n) is 1.54. The molecule has 18 heavy (non-hydrogen) atoms. The van der Waals surface area contributed by atoms with Crippen molar-refractivity contribution < 1.29 is 9.90 Å². The van der Waals surface area contributed by atoms with Gasteiger partial charge in [0.15, 0.2) is 10.9 Å². The number of nitrogens with zero attached hydrogens (tertiary/aromatic N) is 2. The van der Waals surface area contributed by atoms with Crippen molar-refractivity contribution in [1.29, 1.82) is 0 Å². The number of hydrogen-bond donors (Lipinski definition) is 2. The molecule has 1 amide bonds. The molecule has 0 radical (unpaired) electrons. The summed E-state index contributed by atoms with van der Waals surface area (Å²) in [5.74, 6) is -0.0506. The van der Waals surface area contributed by atoms with Crippen LogP contribution >= 0.6 is 23.4 Å². The summed E-state index contributed by atoms with van der Waals surface area (Å²) in [6, 6.07) is 0. The van der Waals surface area contributed by atoms with Gasteiger partial charge in [-0.05, 0) is 25.0 Å². The number of aromatic nitrogens is 2. The summed E-state index contributed by atoms with van der Waals surface area (Å²) in [6.07, 6.45) is 4.81. The Morgan fingerprint density at radius 1 is 1.72 bits per heavy atom. The maximum Gasteiger partial charge on any atom is 0.271 e. The summed E-state index contributed by atoms with van der Waals surface area (Å²) in [5, 5.41) is 13.0. The van der Waals surface area contributed by atoms with Crippen LogP contribution in [-0.4, -0.2) is 39.9 Å². The molecule has 1 unspecified atom stereocenters. The highest BCUT2D eigenvalue weighted by atomic mass is 35.5. The van der Waals surface area contributed by atoms with Crippen molar-refractivity contribution in [2.75, 3.05) is 12.8 Å². The molecule has 0 aromatic carbocycles. The van der Waals surface area contributed by atoms with E-state index in [1.807, 2.05) is 6.26 Å². The van der Waals surface area contributed by atoms with Crippen LogP contribution in [0.2, 0.25) is 5.02 Å². The number of nitrogens with one attached hydrogen (secondary N) is 1. The van der Waals surface area contributed by atoms with Crippen molar-refractivity contribution >= 4 is 29.3 Å². The Morgan fingerprint density at radius 3 is 3.06 bits per heavy atom. The first kappa shape index (κ1) is 13.6. The van der Waals surface area contributed by atoms with E-state index in [2.05, 4.69) is 15.3 Å². The summed E-state index contributed by atoms with van der Waals surface area (Å²) in [4.78, 5) is 19.9. The number of aliphatic hydroxyl groups excluding tert-OH is 1. The summed E-state index contributed by atoms with van der Waals surface area (Å²) >= 11 is 7.22. The molecule has 0 saturated heterocycles. The van der Waals surface area contributed by atoms with Crippen LogP contribution in [-0.2, 0) is 0 Å². The average Bonchev–Trinajstić information content (AvgIpc) is 3.20. The number of aliphatic hydroxyl groups is 1. The van der Waals surface area contributed by atoms with Crippen LogP contribution in [0, 0.1) is 5.92 Å². The van der Waals surface area contributed by atoms with Crippen LogP contribution in [0.15, 0.2) is 11.4 Å². The summed E-state index contributed by atoms with van der Waals surface area (Å²) < 4.78 is 0. The summed E-state index contributed by atoms with van der Waals surface area (Å²) in [6.45, 7) is 0.235. The topological polar surface area (TPSA) is 75.1 Å². The second kappa shape index (κ2) is 5.86. The fourth-order valence-corrected chi connectivity index (χ4v) is 2.05. The van der Waals surface area contributed by atoms with Crippen molar-refractivity contribution in [3.05, 3.63) is 16.9 Å². The van der Waals surface area contributed by atoms with Gasteiger partial charge in [-0.2, -0.15) is 0 Å². The molecule has 5 nitrogen and oxygen atoms in total. The molecular formula is C11H14ClN3O2S. The first-order chi connectivity index (χ1) is 8.61. The first-order valence-electron chi connectivity index (χ1n) is 5.64. The Bertz CT molecular complexity index is 454. The minimum absolute atomic E-state index is 0.152. The zero-order valence-electron chi connectivity index (χ0n) is 9.89. The third kappa shape index (κ3) is 3.34. The van der Waals surface area contributed by atoms with E-state index < -0.39 is 6.10 Å². The molecular weight excluding hydrogens is 274 g/mol. The van der Waals surface area contributed by atoms with Crippen molar-refractivity contribution in [2.45, 2.75) is 24.1 Å². The molecule has 1 aromatic heterocycles. The van der Waals surface area contributed by atoms with E-state index in [0.717, 1.165) is 12.8 Å². The van der Waals surface area contributed by atoms with Crippen LogP contribution in [0.25, 0.3) is 0 Å². The van der Waals surface area contributed by atoms with Gasteiger partial charge in [0.05, 0.1) is 17.3 Å². The van der Waals surface area contributed by atoms with Gasteiger partial charge in [-0.15, -0.1) is 0 Å². The number of halogens is 1. The number of hydrogen-bond acceptors (Lipinski definition) is 5. The monoisotopic (exact) mass is 287 g/mol. The van der Waals surface area contributed by atoms with Crippen LogP contribution in [0.1, 0.15) is 23.3 Å². The molecule has 1 aliphatic rings. The third-order valence-electron chi connectivity index (χ3n) is 2.76. The largest absolute Gasteiger partial charge is 0.391 e. The van der Waals surface area contributed by atoms with Gasteiger partial charge >= 0.3 is 0 Å². The molecule has 0 bridgehead atoms. The highest BCUT2D eigenvalue weighted by Crippen LogP contribution is 2.32. The van der Waals surface area contributed by atoms with Crippen molar-refractivity contribution in [3.63, 3.8) is 0 Å². The van der Waals surface area contributed by atoms with Crippen LogP contribution in [0.4, 0.5) is 0 Å². The first-order valence-corrected chi connectivity index (χ1v) is 7.25. The van der Waals surface area contributed by atoms with E-state index in [9.17, 15) is 9.90 Å². The van der Waals surface area contributed by atoms with Gasteiger partial charge in [0, 0.05) is 6.54 Å². The maximum absolute atomic E-state index is 11.9. The molecule has 1 saturated carbocycles. The minimum Gasteiger partial charge on any atom is -0.391 e. The number of carbonyl (C=O) groups excluding carboxylic acids is 1. The Kier molecular flexibility index (Phi) is 4.42. The van der Waals surface area contributed by atoms with E-state index in [-0.39, 0.29) is 23.2 Å². The smallest absolute Gasteiger partial charge is 0.271 e. The molecule has 7 heteroatoms. The van der Waals surface area contributed by atoms with Crippen molar-refractivity contribution in [3.8, 4) is 0 Å². The second-order valence-electron chi connectivity index (χ2n) is 4.17. The quantitative estimate of drug-likeness (QED) is 0.632. The third-order valence-corrected chi connectivity index (χ3v) is 3.60. The minimum atomic E-state index is -0.477. The van der Waals surface area contributed by atoms with Gasteiger partial charge in [-0.25, -0.2) is 9.97 Å². The van der Waals surface area contributed by atoms with Gasteiger partial charge in [-0.3, -0.25) is 4.79 Å². The lowest BCUT2D eigenvalue weighted by Gasteiger charge is -2.11. The highest BCUT2D eigenvalue weighted by molar-refractivity contribution is 7.98. The SMILES string of the molecule is CSc1ncc(Cl)c(C(=O)NCC(O)C2CC2)n1. The Morgan fingerprint density at radius 2 is 2.44 bits per heavy atom. The fraction of sp³-hybridized carbons (Fsp3) is 0.545. The van der Waals surface area contributed by atoms with E-state index in [1.54, 1.807) is 0 Å². The number of thioether (sulfide) groups is 1. The van der Waals surface area contributed by atoms with E-state index in [4.69, 9.17) is 11.6 Å². The molecule has 1 atom stereocenters. The second-order valence-corrected chi connectivity index (χ2v) is 5.35. The molecule has 1 fully saturated rings. The van der Waals surface area contributed by atoms with E-state index >= 15 is 0 Å². The zero-order chi connectivity index (χ0) is 13.1. The molecule has 0 aliphatic heterocycles. The predicted molar refractivity (Wildman–Crippen MR) is 69.9 cm³/mol. The van der Waals surface area contributed by atoms with Gasteiger partial charge in [0.25, 0.3) is 5.91 Å². The number of rotatable bonds is 5. The van der Waals surface area contributed by atoms with Gasteiger partial charge in [0.1, 0.15) is 0 Å². The summed E-state index contributed by atoms with van der Waals surface area (Å²) in [7, 11) is 0. The molecule has 98 valence electrons. The molecule has 0 spiro atoms. The Balaban J connectivity index is 1.98. The van der Waals surface area contributed by atoms with E-state index in [1.165, 1.54) is 18.0 Å².